The first-order valence-electron chi connectivity index (χ1n) is 6.00. The van der Waals surface area contributed by atoms with Crippen LogP contribution >= 0.6 is 11.6 Å². The van der Waals surface area contributed by atoms with E-state index < -0.39 is 18.5 Å². The molecule has 106 valence electrons. The molecule has 2 N–H and O–H groups in total. The normalized spacial score (nSPS) is 9.60. The second kappa shape index (κ2) is 8.08. The summed E-state index contributed by atoms with van der Waals surface area (Å²) in [6.45, 7) is -0.0324. The number of anilines is 1. The lowest BCUT2D eigenvalue weighted by Crippen LogP contribution is -2.43. The van der Waals surface area contributed by atoms with Crippen molar-refractivity contribution in [3.63, 3.8) is 0 Å². The number of urea groups is 1. The molecule has 0 saturated carbocycles. The number of nitrogens with zero attached hydrogens (tertiary/aromatic N) is 1. The maximum absolute atomic E-state index is 12.0. The molecule has 0 saturated heterocycles. The second-order valence-corrected chi connectivity index (χ2v) is 4.43. The van der Waals surface area contributed by atoms with Gasteiger partial charge in [0, 0.05) is 23.7 Å². The van der Waals surface area contributed by atoms with Crippen LogP contribution in [0, 0.1) is 12.3 Å². The Hall–Kier alpha value is -2.19. The number of aliphatic carboxylic acids is 1. The van der Waals surface area contributed by atoms with E-state index in [-0.39, 0.29) is 0 Å². The first kappa shape index (κ1) is 15.9. The number of nitrogens with one attached hydrogen (secondary N) is 1. The van der Waals surface area contributed by atoms with E-state index in [0.29, 0.717) is 30.1 Å². The van der Waals surface area contributed by atoms with Crippen molar-refractivity contribution in [2.24, 2.45) is 0 Å². The van der Waals surface area contributed by atoms with Gasteiger partial charge in [-0.05, 0) is 30.7 Å². The number of unbranched alkanes of at least 4 members (excludes halogenated alkanes) is 1. The van der Waals surface area contributed by atoms with Crippen molar-refractivity contribution >= 4 is 29.3 Å². The van der Waals surface area contributed by atoms with E-state index in [4.69, 9.17) is 23.1 Å². The Kier molecular flexibility index (Phi) is 6.41. The van der Waals surface area contributed by atoms with Gasteiger partial charge in [-0.3, -0.25) is 9.69 Å². The minimum atomic E-state index is -1.10. The van der Waals surface area contributed by atoms with Crippen molar-refractivity contribution in [3.8, 4) is 12.3 Å². The molecule has 5 nitrogen and oxygen atoms in total. The molecule has 0 aliphatic heterocycles. The van der Waals surface area contributed by atoms with Gasteiger partial charge in [-0.15, -0.1) is 12.3 Å². The highest BCUT2D eigenvalue weighted by atomic mass is 35.5. The van der Waals surface area contributed by atoms with Gasteiger partial charge >= 0.3 is 12.0 Å². The molecule has 0 bridgehead atoms. The van der Waals surface area contributed by atoms with Gasteiger partial charge in [0.15, 0.2) is 0 Å². The number of carboxylic acids is 1. The van der Waals surface area contributed by atoms with Crippen LogP contribution in [-0.2, 0) is 4.79 Å². The van der Waals surface area contributed by atoms with Crippen molar-refractivity contribution in [1.82, 2.24) is 5.32 Å². The standard InChI is InChI=1S/C14H15ClN2O3/c1-2-3-4-9-16-14(20)17(10-13(18)19)12-7-5-11(15)6-8-12/h1,5-8H,3-4,9-10H2,(H,16,20)(H,18,19). The van der Waals surface area contributed by atoms with Crippen LogP contribution in [0.25, 0.3) is 0 Å². The van der Waals surface area contributed by atoms with Crippen molar-refractivity contribution in [1.29, 1.82) is 0 Å². The van der Waals surface area contributed by atoms with Crippen molar-refractivity contribution < 1.29 is 14.7 Å². The summed E-state index contributed by atoms with van der Waals surface area (Å²) in [6, 6.07) is 5.89. The lowest BCUT2D eigenvalue weighted by atomic mass is 10.3. The van der Waals surface area contributed by atoms with E-state index in [1.54, 1.807) is 24.3 Å². The number of amides is 2. The van der Waals surface area contributed by atoms with E-state index in [1.165, 1.54) is 0 Å². The molecule has 1 rings (SSSR count). The Morgan fingerprint density at radius 3 is 2.55 bits per heavy atom. The van der Waals surface area contributed by atoms with Gasteiger partial charge in [0.05, 0.1) is 0 Å². The number of benzene rings is 1. The molecule has 1 aromatic rings. The van der Waals surface area contributed by atoms with Crippen LogP contribution in [0.2, 0.25) is 5.02 Å². The summed E-state index contributed by atoms with van der Waals surface area (Å²) in [6.07, 6.45) is 6.31. The summed E-state index contributed by atoms with van der Waals surface area (Å²) in [5.74, 6) is 1.37. The molecule has 6 heteroatoms. The number of rotatable bonds is 6. The van der Waals surface area contributed by atoms with E-state index in [9.17, 15) is 9.59 Å². The predicted molar refractivity (Wildman–Crippen MR) is 77.9 cm³/mol. The first-order valence-corrected chi connectivity index (χ1v) is 6.38. The molecule has 0 aliphatic rings. The van der Waals surface area contributed by atoms with Crippen LogP contribution in [0.4, 0.5) is 10.5 Å². The fourth-order valence-corrected chi connectivity index (χ4v) is 1.64. The number of carboxylic acid groups (broad SMARTS) is 1. The average Bonchev–Trinajstić information content (AvgIpc) is 2.42. The van der Waals surface area contributed by atoms with E-state index >= 15 is 0 Å². The topological polar surface area (TPSA) is 69.6 Å². The molecule has 0 heterocycles. The minimum absolute atomic E-state index is 0.396. The molecule has 0 atom stereocenters. The molecule has 0 aliphatic carbocycles. The Morgan fingerprint density at radius 1 is 1.35 bits per heavy atom. The fraction of sp³-hybridized carbons (Fsp3) is 0.286. The Morgan fingerprint density at radius 2 is 2.00 bits per heavy atom. The van der Waals surface area contributed by atoms with Gasteiger partial charge in [0.2, 0.25) is 0 Å². The highest BCUT2D eigenvalue weighted by molar-refractivity contribution is 6.30. The lowest BCUT2D eigenvalue weighted by Gasteiger charge is -2.21. The average molecular weight is 295 g/mol. The summed E-state index contributed by atoms with van der Waals surface area (Å²) in [5, 5.41) is 12.0. The van der Waals surface area contributed by atoms with Crippen LogP contribution in [-0.4, -0.2) is 30.2 Å². The number of carbonyl (C=O) groups is 2. The summed E-state index contributed by atoms with van der Waals surface area (Å²) in [5.41, 5.74) is 0.464. The third kappa shape index (κ3) is 5.21. The van der Waals surface area contributed by atoms with E-state index in [1.807, 2.05) is 0 Å². The monoisotopic (exact) mass is 294 g/mol. The smallest absolute Gasteiger partial charge is 0.323 e. The molecular formula is C14H15ClN2O3. The van der Waals surface area contributed by atoms with Crippen LogP contribution < -0.4 is 10.2 Å². The van der Waals surface area contributed by atoms with E-state index in [0.717, 1.165) is 4.90 Å². The van der Waals surface area contributed by atoms with E-state index in [2.05, 4.69) is 11.2 Å². The summed E-state index contributed by atoms with van der Waals surface area (Å²) in [7, 11) is 0. The Bertz CT molecular complexity index is 508. The lowest BCUT2D eigenvalue weighted by molar-refractivity contribution is -0.135. The van der Waals surface area contributed by atoms with Crippen LogP contribution in [0.5, 0.6) is 0 Å². The minimum Gasteiger partial charge on any atom is -0.480 e. The van der Waals surface area contributed by atoms with Crippen LogP contribution in [0.15, 0.2) is 24.3 Å². The summed E-state index contributed by atoms with van der Waals surface area (Å²) < 4.78 is 0. The van der Waals surface area contributed by atoms with Gasteiger partial charge in [-0.25, -0.2) is 4.79 Å². The zero-order valence-corrected chi connectivity index (χ0v) is 11.6. The molecule has 0 radical (unpaired) electrons. The van der Waals surface area contributed by atoms with Crippen LogP contribution in [0.3, 0.4) is 0 Å². The SMILES string of the molecule is C#CCCCNC(=O)N(CC(=O)O)c1ccc(Cl)cc1. The van der Waals surface area contributed by atoms with Gasteiger partial charge in [0.1, 0.15) is 6.54 Å². The molecule has 0 spiro atoms. The van der Waals surface area contributed by atoms with Crippen LogP contribution in [0.1, 0.15) is 12.8 Å². The van der Waals surface area contributed by atoms with Gasteiger partial charge in [-0.1, -0.05) is 11.6 Å². The predicted octanol–water partition coefficient (Wildman–Crippen LogP) is 2.35. The number of carbonyl (C=O) groups excluding carboxylic acids is 1. The molecule has 0 aromatic heterocycles. The maximum Gasteiger partial charge on any atom is 0.323 e. The molecule has 1 aromatic carbocycles. The zero-order chi connectivity index (χ0) is 15.0. The number of terminal acetylenes is 1. The second-order valence-electron chi connectivity index (χ2n) is 4.00. The van der Waals surface area contributed by atoms with Gasteiger partial charge in [-0.2, -0.15) is 0 Å². The molecule has 0 fully saturated rings. The number of hydrogen-bond acceptors (Lipinski definition) is 2. The molecule has 2 amide bonds. The zero-order valence-electron chi connectivity index (χ0n) is 10.8. The Balaban J connectivity index is 2.73. The fourth-order valence-electron chi connectivity index (χ4n) is 1.52. The van der Waals surface area contributed by atoms with Crippen molar-refractivity contribution in [2.75, 3.05) is 18.0 Å². The number of halogens is 1. The van der Waals surface area contributed by atoms with Crippen molar-refractivity contribution in [2.45, 2.75) is 12.8 Å². The quantitative estimate of drug-likeness (QED) is 0.625. The van der Waals surface area contributed by atoms with Crippen molar-refractivity contribution in [3.05, 3.63) is 29.3 Å². The van der Waals surface area contributed by atoms with Gasteiger partial charge in [0.25, 0.3) is 0 Å². The third-order valence-electron chi connectivity index (χ3n) is 2.45. The summed E-state index contributed by atoms with van der Waals surface area (Å²) in [4.78, 5) is 24.0. The largest absolute Gasteiger partial charge is 0.480 e. The third-order valence-corrected chi connectivity index (χ3v) is 2.70. The van der Waals surface area contributed by atoms with Gasteiger partial charge < -0.3 is 10.4 Å². The first-order chi connectivity index (χ1) is 9.54. The maximum atomic E-state index is 12.0. The molecule has 20 heavy (non-hydrogen) atoms. The number of hydrogen-bond donors (Lipinski definition) is 2. The molecule has 0 unspecified atom stereocenters. The molecular weight excluding hydrogens is 280 g/mol. The summed E-state index contributed by atoms with van der Waals surface area (Å²) >= 11 is 5.77. The highest BCUT2D eigenvalue weighted by Gasteiger charge is 2.18. The Labute approximate surface area is 122 Å². The highest BCUT2D eigenvalue weighted by Crippen LogP contribution is 2.18.